The second-order valence-electron chi connectivity index (χ2n) is 3.82. The molecule has 1 nitrogen and oxygen atoms in total. The Hall–Kier alpha value is 0.180. The highest BCUT2D eigenvalue weighted by Crippen LogP contribution is 2.53. The molecular formula is C10H12BrClO. The van der Waals surface area contributed by atoms with Crippen LogP contribution in [-0.4, -0.2) is 16.0 Å². The molecule has 0 radical (unpaired) electrons. The van der Waals surface area contributed by atoms with Crippen LogP contribution in [0.15, 0.2) is 12.2 Å². The zero-order chi connectivity index (χ0) is 9.47. The van der Waals surface area contributed by atoms with Crippen molar-refractivity contribution in [3.8, 4) is 0 Å². The average molecular weight is 264 g/mol. The summed E-state index contributed by atoms with van der Waals surface area (Å²) >= 11 is 9.68. The van der Waals surface area contributed by atoms with Gasteiger partial charge in [0.25, 0.3) is 0 Å². The predicted molar refractivity (Wildman–Crippen MR) is 57.4 cm³/mol. The second-order valence-corrected chi connectivity index (χ2v) is 5.28. The van der Waals surface area contributed by atoms with Crippen molar-refractivity contribution in [1.29, 1.82) is 0 Å². The average Bonchev–Trinajstić information content (AvgIpc) is 2.59. The van der Waals surface area contributed by atoms with Crippen molar-refractivity contribution in [2.24, 2.45) is 11.8 Å². The molecule has 3 heteroatoms. The Morgan fingerprint density at radius 1 is 1.69 bits per heavy atom. The molecule has 0 bridgehead atoms. The van der Waals surface area contributed by atoms with Crippen molar-refractivity contribution in [1.82, 2.24) is 0 Å². The maximum absolute atomic E-state index is 11.7. The highest BCUT2D eigenvalue weighted by Gasteiger charge is 2.59. The fourth-order valence-electron chi connectivity index (χ4n) is 2.38. The fourth-order valence-corrected chi connectivity index (χ4v) is 3.16. The van der Waals surface area contributed by atoms with E-state index in [-0.39, 0.29) is 11.7 Å². The SMILES string of the molecule is O=C1[C@H]2CC=C[C@H]2C1(Cl)CCCBr. The quantitative estimate of drug-likeness (QED) is 0.565. The number of halogens is 2. The van der Waals surface area contributed by atoms with Crippen LogP contribution in [0.4, 0.5) is 0 Å². The maximum Gasteiger partial charge on any atom is 0.158 e. The highest BCUT2D eigenvalue weighted by atomic mass is 79.9. The van der Waals surface area contributed by atoms with E-state index in [0.29, 0.717) is 5.92 Å². The van der Waals surface area contributed by atoms with E-state index >= 15 is 0 Å². The maximum atomic E-state index is 11.7. The number of allylic oxidation sites excluding steroid dienone is 2. The van der Waals surface area contributed by atoms with Gasteiger partial charge in [-0.3, -0.25) is 4.79 Å². The molecule has 0 amide bonds. The van der Waals surface area contributed by atoms with Gasteiger partial charge in [0, 0.05) is 17.2 Å². The van der Waals surface area contributed by atoms with Gasteiger partial charge in [0.1, 0.15) is 4.87 Å². The number of carbonyl (C=O) groups is 1. The summed E-state index contributed by atoms with van der Waals surface area (Å²) in [5.41, 5.74) is 0. The first-order valence-electron chi connectivity index (χ1n) is 4.66. The van der Waals surface area contributed by atoms with Crippen LogP contribution in [0.1, 0.15) is 19.3 Å². The number of Topliss-reactive ketones (excluding diaryl/α,β-unsaturated/α-hetero) is 1. The van der Waals surface area contributed by atoms with E-state index in [4.69, 9.17) is 11.6 Å². The van der Waals surface area contributed by atoms with E-state index in [9.17, 15) is 4.79 Å². The smallest absolute Gasteiger partial charge is 0.158 e. The summed E-state index contributed by atoms with van der Waals surface area (Å²) in [5, 5.41) is 0.926. The molecule has 1 saturated carbocycles. The van der Waals surface area contributed by atoms with Crippen LogP contribution in [0.3, 0.4) is 0 Å². The third-order valence-electron chi connectivity index (χ3n) is 3.12. The summed E-state index contributed by atoms with van der Waals surface area (Å²) in [6.07, 6.45) is 6.90. The van der Waals surface area contributed by atoms with E-state index in [1.54, 1.807) is 0 Å². The van der Waals surface area contributed by atoms with Crippen molar-refractivity contribution in [2.45, 2.75) is 24.1 Å². The number of ketones is 1. The van der Waals surface area contributed by atoms with Crippen LogP contribution < -0.4 is 0 Å². The van der Waals surface area contributed by atoms with Crippen molar-refractivity contribution in [3.05, 3.63) is 12.2 Å². The molecule has 0 saturated heterocycles. The van der Waals surface area contributed by atoms with Gasteiger partial charge in [-0.1, -0.05) is 28.1 Å². The van der Waals surface area contributed by atoms with E-state index in [1.807, 2.05) is 0 Å². The Morgan fingerprint density at radius 3 is 3.15 bits per heavy atom. The largest absolute Gasteiger partial charge is 0.297 e. The molecule has 13 heavy (non-hydrogen) atoms. The number of alkyl halides is 2. The summed E-state index contributed by atoms with van der Waals surface area (Å²) < 4.78 is 0. The van der Waals surface area contributed by atoms with Gasteiger partial charge >= 0.3 is 0 Å². The van der Waals surface area contributed by atoms with Gasteiger partial charge in [-0.15, -0.1) is 11.6 Å². The van der Waals surface area contributed by atoms with Gasteiger partial charge in [0.15, 0.2) is 5.78 Å². The molecule has 72 valence electrons. The first-order valence-corrected chi connectivity index (χ1v) is 6.16. The minimum atomic E-state index is -0.550. The van der Waals surface area contributed by atoms with Crippen molar-refractivity contribution in [2.75, 3.05) is 5.33 Å². The molecule has 2 rings (SSSR count). The van der Waals surface area contributed by atoms with Crippen LogP contribution in [0.2, 0.25) is 0 Å². The fraction of sp³-hybridized carbons (Fsp3) is 0.700. The molecule has 2 aliphatic rings. The molecule has 3 atom stereocenters. The minimum Gasteiger partial charge on any atom is -0.297 e. The molecular weight excluding hydrogens is 251 g/mol. The van der Waals surface area contributed by atoms with Crippen LogP contribution in [0, 0.1) is 11.8 Å². The Balaban J connectivity index is 2.06. The van der Waals surface area contributed by atoms with Crippen LogP contribution in [-0.2, 0) is 4.79 Å². The lowest BCUT2D eigenvalue weighted by Gasteiger charge is -2.45. The number of carbonyl (C=O) groups excluding carboxylic acids is 1. The number of rotatable bonds is 3. The molecule has 1 fully saturated rings. The van der Waals surface area contributed by atoms with Crippen molar-refractivity contribution >= 4 is 33.3 Å². The van der Waals surface area contributed by atoms with Crippen molar-refractivity contribution < 1.29 is 4.79 Å². The molecule has 1 unspecified atom stereocenters. The molecule has 0 spiro atoms. The van der Waals surface area contributed by atoms with Crippen LogP contribution in [0.25, 0.3) is 0 Å². The normalized spacial score (nSPS) is 41.8. The third kappa shape index (κ3) is 1.30. The molecule has 0 aromatic carbocycles. The minimum absolute atomic E-state index is 0.216. The monoisotopic (exact) mass is 262 g/mol. The zero-order valence-electron chi connectivity index (χ0n) is 7.30. The Morgan fingerprint density at radius 2 is 2.46 bits per heavy atom. The van der Waals surface area contributed by atoms with Gasteiger partial charge in [-0.05, 0) is 19.3 Å². The summed E-state index contributed by atoms with van der Waals surface area (Å²) in [6, 6.07) is 0. The summed E-state index contributed by atoms with van der Waals surface area (Å²) in [6.45, 7) is 0. The highest BCUT2D eigenvalue weighted by molar-refractivity contribution is 9.09. The molecule has 0 heterocycles. The lowest BCUT2D eigenvalue weighted by Crippen LogP contribution is -2.57. The summed E-state index contributed by atoms with van der Waals surface area (Å²) in [7, 11) is 0. The Kier molecular flexibility index (Phi) is 2.54. The van der Waals surface area contributed by atoms with E-state index in [1.165, 1.54) is 0 Å². The van der Waals surface area contributed by atoms with Crippen molar-refractivity contribution in [3.63, 3.8) is 0 Å². The topological polar surface area (TPSA) is 17.1 Å². The molecule has 0 aromatic heterocycles. The Bertz CT molecular complexity index is 264. The lowest BCUT2D eigenvalue weighted by molar-refractivity contribution is -0.137. The van der Waals surface area contributed by atoms with Gasteiger partial charge in [-0.2, -0.15) is 0 Å². The number of fused-ring (bicyclic) bond motifs is 1. The number of hydrogen-bond acceptors (Lipinski definition) is 1. The van der Waals surface area contributed by atoms with Gasteiger partial charge in [0.05, 0.1) is 0 Å². The zero-order valence-corrected chi connectivity index (χ0v) is 9.64. The standard InChI is InChI=1S/C10H12BrClO/c11-6-2-5-10(12)8-4-1-3-7(8)9(10)13/h1,4,7-8H,2-3,5-6H2/t7-,8+,10?/m0/s1. The Labute approximate surface area is 91.7 Å². The van der Waals surface area contributed by atoms with E-state index < -0.39 is 4.87 Å². The summed E-state index contributed by atoms with van der Waals surface area (Å²) in [4.78, 5) is 11.1. The number of hydrogen-bond donors (Lipinski definition) is 0. The second kappa shape index (κ2) is 3.39. The summed E-state index contributed by atoms with van der Waals surface area (Å²) in [5.74, 6) is 0.804. The molecule has 2 aliphatic carbocycles. The first kappa shape index (κ1) is 9.72. The van der Waals surface area contributed by atoms with Crippen LogP contribution in [0.5, 0.6) is 0 Å². The van der Waals surface area contributed by atoms with Gasteiger partial charge < -0.3 is 0 Å². The lowest BCUT2D eigenvalue weighted by atomic mass is 9.63. The van der Waals surface area contributed by atoms with Gasteiger partial charge in [0.2, 0.25) is 0 Å². The van der Waals surface area contributed by atoms with E-state index in [0.717, 1.165) is 24.6 Å². The third-order valence-corrected chi connectivity index (χ3v) is 4.30. The predicted octanol–water partition coefficient (Wildman–Crippen LogP) is 2.91. The van der Waals surface area contributed by atoms with Gasteiger partial charge in [-0.25, -0.2) is 0 Å². The molecule has 0 aromatic rings. The molecule has 0 N–H and O–H groups in total. The van der Waals surface area contributed by atoms with Crippen LogP contribution >= 0.6 is 27.5 Å². The first-order chi connectivity index (χ1) is 6.20. The van der Waals surface area contributed by atoms with E-state index in [2.05, 4.69) is 28.1 Å². The molecule has 0 aliphatic heterocycles.